The first-order valence-electron chi connectivity index (χ1n) is 6.30. The van der Waals surface area contributed by atoms with Crippen molar-refractivity contribution in [1.29, 1.82) is 0 Å². The van der Waals surface area contributed by atoms with Crippen LogP contribution in [0.1, 0.15) is 28.4 Å². The van der Waals surface area contributed by atoms with Crippen molar-refractivity contribution in [3.05, 3.63) is 71.3 Å². The van der Waals surface area contributed by atoms with Crippen molar-refractivity contribution in [3.8, 4) is 0 Å². The summed E-state index contributed by atoms with van der Waals surface area (Å²) in [6, 6.07) is 17.0. The average molecular weight is 252 g/mol. The van der Waals surface area contributed by atoms with E-state index in [0.29, 0.717) is 18.4 Å². The van der Waals surface area contributed by atoms with E-state index >= 15 is 0 Å². The molecule has 0 aliphatic heterocycles. The lowest BCUT2D eigenvalue weighted by Gasteiger charge is -2.04. The second-order valence-electron chi connectivity index (χ2n) is 4.66. The maximum absolute atomic E-state index is 12.2. The van der Waals surface area contributed by atoms with E-state index in [9.17, 15) is 9.59 Å². The Labute approximate surface area is 113 Å². The standard InChI is InChI=1S/C17H16O2/c1-13(18)10-15-8-5-9-16(11-15)17(19)12-14-6-3-2-4-7-14/h2-9,11H,10,12H2,1H3. The molecule has 2 heteroatoms. The smallest absolute Gasteiger partial charge is 0.167 e. The molecular weight excluding hydrogens is 236 g/mol. The Balaban J connectivity index is 2.13. The number of rotatable bonds is 5. The van der Waals surface area contributed by atoms with Crippen LogP contribution in [0, 0.1) is 0 Å². The number of carbonyl (C=O) groups excluding carboxylic acids is 2. The Morgan fingerprint density at radius 2 is 1.53 bits per heavy atom. The first-order chi connectivity index (χ1) is 9.15. The van der Waals surface area contributed by atoms with Crippen LogP contribution in [0.15, 0.2) is 54.6 Å². The van der Waals surface area contributed by atoms with Gasteiger partial charge in [-0.15, -0.1) is 0 Å². The molecule has 96 valence electrons. The number of ketones is 2. The van der Waals surface area contributed by atoms with Crippen LogP contribution in [0.5, 0.6) is 0 Å². The minimum Gasteiger partial charge on any atom is -0.300 e. The second kappa shape index (κ2) is 6.10. The molecule has 0 aromatic heterocycles. The predicted octanol–water partition coefficient (Wildman–Crippen LogP) is 3.24. The summed E-state index contributed by atoms with van der Waals surface area (Å²) in [5.41, 5.74) is 2.57. The molecule has 0 bridgehead atoms. The van der Waals surface area contributed by atoms with Gasteiger partial charge in [0.25, 0.3) is 0 Å². The highest BCUT2D eigenvalue weighted by atomic mass is 16.1. The van der Waals surface area contributed by atoms with Gasteiger partial charge >= 0.3 is 0 Å². The van der Waals surface area contributed by atoms with E-state index in [0.717, 1.165) is 11.1 Å². The summed E-state index contributed by atoms with van der Waals surface area (Å²) in [6.45, 7) is 1.55. The zero-order valence-electron chi connectivity index (χ0n) is 10.9. The highest BCUT2D eigenvalue weighted by Crippen LogP contribution is 2.11. The van der Waals surface area contributed by atoms with Crippen LogP contribution >= 0.6 is 0 Å². The lowest BCUT2D eigenvalue weighted by atomic mass is 10.00. The first-order valence-corrected chi connectivity index (χ1v) is 6.30. The highest BCUT2D eigenvalue weighted by molar-refractivity contribution is 5.97. The minimum absolute atomic E-state index is 0.0802. The number of carbonyl (C=O) groups is 2. The number of benzene rings is 2. The van der Waals surface area contributed by atoms with E-state index in [1.165, 1.54) is 0 Å². The van der Waals surface area contributed by atoms with Gasteiger partial charge in [0.2, 0.25) is 0 Å². The van der Waals surface area contributed by atoms with Crippen molar-refractivity contribution in [2.45, 2.75) is 19.8 Å². The molecule has 0 atom stereocenters. The summed E-state index contributed by atoms with van der Waals surface area (Å²) in [4.78, 5) is 23.3. The van der Waals surface area contributed by atoms with Gasteiger partial charge in [-0.3, -0.25) is 9.59 Å². The summed E-state index contributed by atoms with van der Waals surface area (Å²) < 4.78 is 0. The molecule has 0 aliphatic rings. The summed E-state index contributed by atoms with van der Waals surface area (Å²) >= 11 is 0. The number of Topliss-reactive ketones (excluding diaryl/α,β-unsaturated/α-hetero) is 2. The van der Waals surface area contributed by atoms with Gasteiger partial charge in [-0.1, -0.05) is 48.5 Å². The fourth-order valence-corrected chi connectivity index (χ4v) is 2.03. The van der Waals surface area contributed by atoms with E-state index in [2.05, 4.69) is 0 Å². The van der Waals surface area contributed by atoms with E-state index in [-0.39, 0.29) is 11.6 Å². The quantitative estimate of drug-likeness (QED) is 0.765. The van der Waals surface area contributed by atoms with Crippen molar-refractivity contribution < 1.29 is 9.59 Å². The molecule has 0 saturated heterocycles. The molecule has 0 unspecified atom stereocenters. The van der Waals surface area contributed by atoms with Gasteiger partial charge in [-0.25, -0.2) is 0 Å². The van der Waals surface area contributed by atoms with Gasteiger partial charge in [0.15, 0.2) is 5.78 Å². The molecule has 0 saturated carbocycles. The van der Waals surface area contributed by atoms with Crippen LogP contribution in [-0.4, -0.2) is 11.6 Å². The molecule has 2 aromatic carbocycles. The summed E-state index contributed by atoms with van der Waals surface area (Å²) in [6.07, 6.45) is 0.775. The van der Waals surface area contributed by atoms with Gasteiger partial charge in [0.1, 0.15) is 5.78 Å². The normalized spacial score (nSPS) is 10.2. The third-order valence-electron chi connectivity index (χ3n) is 2.91. The minimum atomic E-state index is 0.0802. The Hall–Kier alpha value is -2.22. The molecule has 0 aliphatic carbocycles. The SMILES string of the molecule is CC(=O)Cc1cccc(C(=O)Cc2ccccc2)c1. The van der Waals surface area contributed by atoms with Gasteiger partial charge in [-0.05, 0) is 24.1 Å². The van der Waals surface area contributed by atoms with Crippen molar-refractivity contribution >= 4 is 11.6 Å². The topological polar surface area (TPSA) is 34.1 Å². The van der Waals surface area contributed by atoms with Crippen LogP contribution < -0.4 is 0 Å². The summed E-state index contributed by atoms with van der Waals surface area (Å²) in [5, 5.41) is 0. The largest absolute Gasteiger partial charge is 0.300 e. The maximum Gasteiger partial charge on any atom is 0.167 e. The van der Waals surface area contributed by atoms with E-state index in [4.69, 9.17) is 0 Å². The van der Waals surface area contributed by atoms with Crippen molar-refractivity contribution in [2.24, 2.45) is 0 Å². The lowest BCUT2D eigenvalue weighted by Crippen LogP contribution is -2.05. The summed E-state index contributed by atoms with van der Waals surface area (Å²) in [7, 11) is 0. The number of hydrogen-bond donors (Lipinski definition) is 0. The Morgan fingerprint density at radius 1 is 0.842 bits per heavy atom. The molecule has 0 radical (unpaired) electrons. The molecular formula is C17H16O2. The average Bonchev–Trinajstić information content (AvgIpc) is 2.39. The van der Waals surface area contributed by atoms with E-state index < -0.39 is 0 Å². The monoisotopic (exact) mass is 252 g/mol. The third-order valence-corrected chi connectivity index (χ3v) is 2.91. The van der Waals surface area contributed by atoms with Crippen molar-refractivity contribution in [1.82, 2.24) is 0 Å². The van der Waals surface area contributed by atoms with Gasteiger partial charge in [0, 0.05) is 18.4 Å². The Morgan fingerprint density at radius 3 is 2.21 bits per heavy atom. The zero-order chi connectivity index (χ0) is 13.7. The summed E-state index contributed by atoms with van der Waals surface area (Å²) in [5.74, 6) is 0.185. The lowest BCUT2D eigenvalue weighted by molar-refractivity contribution is -0.116. The molecule has 0 heterocycles. The van der Waals surface area contributed by atoms with Crippen LogP contribution in [0.2, 0.25) is 0 Å². The van der Waals surface area contributed by atoms with Gasteiger partial charge in [0.05, 0.1) is 0 Å². The molecule has 0 N–H and O–H groups in total. The highest BCUT2D eigenvalue weighted by Gasteiger charge is 2.08. The molecule has 0 amide bonds. The van der Waals surface area contributed by atoms with Crippen molar-refractivity contribution in [3.63, 3.8) is 0 Å². The second-order valence-corrected chi connectivity index (χ2v) is 4.66. The zero-order valence-corrected chi connectivity index (χ0v) is 10.9. The molecule has 2 rings (SSSR count). The van der Waals surface area contributed by atoms with Gasteiger partial charge < -0.3 is 0 Å². The molecule has 0 fully saturated rings. The Bertz CT molecular complexity index is 585. The fourth-order valence-electron chi connectivity index (χ4n) is 2.03. The molecule has 0 spiro atoms. The van der Waals surface area contributed by atoms with Crippen LogP contribution in [-0.2, 0) is 17.6 Å². The molecule has 19 heavy (non-hydrogen) atoms. The van der Waals surface area contributed by atoms with Crippen molar-refractivity contribution in [2.75, 3.05) is 0 Å². The Kier molecular flexibility index (Phi) is 4.24. The van der Waals surface area contributed by atoms with Crippen LogP contribution in [0.25, 0.3) is 0 Å². The molecule has 2 aromatic rings. The van der Waals surface area contributed by atoms with E-state index in [1.807, 2.05) is 48.5 Å². The maximum atomic E-state index is 12.2. The fraction of sp³-hybridized carbons (Fsp3) is 0.176. The third kappa shape index (κ3) is 3.88. The van der Waals surface area contributed by atoms with Gasteiger partial charge in [-0.2, -0.15) is 0 Å². The van der Waals surface area contributed by atoms with Crippen LogP contribution in [0.4, 0.5) is 0 Å². The first kappa shape index (κ1) is 13.2. The van der Waals surface area contributed by atoms with Crippen LogP contribution in [0.3, 0.4) is 0 Å². The van der Waals surface area contributed by atoms with E-state index in [1.54, 1.807) is 13.0 Å². The predicted molar refractivity (Wildman–Crippen MR) is 75.3 cm³/mol. The number of hydrogen-bond acceptors (Lipinski definition) is 2. The molecule has 2 nitrogen and oxygen atoms in total.